The summed E-state index contributed by atoms with van der Waals surface area (Å²) < 4.78 is 1.02. The van der Waals surface area contributed by atoms with E-state index in [0.717, 1.165) is 22.2 Å². The Morgan fingerprint density at radius 3 is 2.50 bits per heavy atom. The van der Waals surface area contributed by atoms with E-state index in [0.29, 0.717) is 5.69 Å². The van der Waals surface area contributed by atoms with Crippen LogP contribution in [0.1, 0.15) is 41.1 Å². The smallest absolute Gasteiger partial charge is 0.271 e. The van der Waals surface area contributed by atoms with Gasteiger partial charge in [-0.05, 0) is 31.0 Å². The van der Waals surface area contributed by atoms with Crippen LogP contribution in [0, 0.1) is 6.92 Å². The first kappa shape index (κ1) is 14.7. The molecular formula is C15H16BrN3O. The van der Waals surface area contributed by atoms with Gasteiger partial charge in [0.1, 0.15) is 5.69 Å². The summed E-state index contributed by atoms with van der Waals surface area (Å²) in [6.45, 7) is 3.87. The fourth-order valence-electron chi connectivity index (χ4n) is 1.86. The first-order valence-corrected chi connectivity index (χ1v) is 7.24. The van der Waals surface area contributed by atoms with E-state index in [1.807, 2.05) is 38.1 Å². The van der Waals surface area contributed by atoms with Crippen LogP contribution in [0.25, 0.3) is 0 Å². The van der Waals surface area contributed by atoms with Crippen LogP contribution in [0.3, 0.4) is 0 Å². The summed E-state index contributed by atoms with van der Waals surface area (Å²) in [7, 11) is 0. The number of amides is 1. The maximum atomic E-state index is 12.1. The Hall–Kier alpha value is -1.75. The Morgan fingerprint density at radius 1 is 1.25 bits per heavy atom. The van der Waals surface area contributed by atoms with Gasteiger partial charge in [-0.2, -0.15) is 0 Å². The highest BCUT2D eigenvalue weighted by molar-refractivity contribution is 9.10. The van der Waals surface area contributed by atoms with Gasteiger partial charge in [-0.3, -0.25) is 9.78 Å². The molecule has 104 valence electrons. The van der Waals surface area contributed by atoms with E-state index in [-0.39, 0.29) is 11.9 Å². The fourth-order valence-corrected chi connectivity index (χ4v) is 2.12. The summed E-state index contributed by atoms with van der Waals surface area (Å²) in [5, 5.41) is 2.98. The molecule has 0 spiro atoms. The van der Waals surface area contributed by atoms with Crippen molar-refractivity contribution in [2.75, 3.05) is 0 Å². The molecule has 1 heterocycles. The Balaban J connectivity index is 2.11. The molecule has 1 N–H and O–H groups in total. The summed E-state index contributed by atoms with van der Waals surface area (Å²) in [6, 6.07) is 7.91. The summed E-state index contributed by atoms with van der Waals surface area (Å²) >= 11 is 3.41. The minimum atomic E-state index is -0.202. The molecular weight excluding hydrogens is 318 g/mol. The van der Waals surface area contributed by atoms with Crippen molar-refractivity contribution < 1.29 is 4.79 Å². The molecule has 2 aromatic rings. The Kier molecular flexibility index (Phi) is 4.84. The Labute approximate surface area is 126 Å². The van der Waals surface area contributed by atoms with Crippen LogP contribution in [-0.4, -0.2) is 15.9 Å². The molecule has 0 fully saturated rings. The van der Waals surface area contributed by atoms with Crippen molar-refractivity contribution >= 4 is 21.8 Å². The molecule has 20 heavy (non-hydrogen) atoms. The van der Waals surface area contributed by atoms with Gasteiger partial charge in [0.25, 0.3) is 5.91 Å². The SMILES string of the molecule is CC[C@@H](NC(=O)c1cnc(C)cn1)c1ccc(Br)cc1. The standard InChI is InChI=1S/C15H16BrN3O/c1-3-13(11-4-6-12(16)7-5-11)19-15(20)14-9-17-10(2)8-18-14/h4-9,13H,3H2,1-2H3,(H,19,20)/t13-/m1/s1. The number of nitrogens with one attached hydrogen (secondary N) is 1. The maximum absolute atomic E-state index is 12.1. The zero-order chi connectivity index (χ0) is 14.5. The lowest BCUT2D eigenvalue weighted by molar-refractivity contribution is 0.0930. The number of carbonyl (C=O) groups is 1. The van der Waals surface area contributed by atoms with E-state index in [9.17, 15) is 4.79 Å². The summed E-state index contributed by atoms with van der Waals surface area (Å²) in [4.78, 5) is 20.3. The molecule has 1 aromatic carbocycles. The maximum Gasteiger partial charge on any atom is 0.271 e. The van der Waals surface area contributed by atoms with Crippen LogP contribution in [0.4, 0.5) is 0 Å². The van der Waals surface area contributed by atoms with Crippen LogP contribution in [0.2, 0.25) is 0 Å². The Morgan fingerprint density at radius 2 is 1.95 bits per heavy atom. The average molecular weight is 334 g/mol. The number of halogens is 1. The van der Waals surface area contributed by atoms with Crippen molar-refractivity contribution in [3.63, 3.8) is 0 Å². The lowest BCUT2D eigenvalue weighted by Gasteiger charge is -2.17. The van der Waals surface area contributed by atoms with Gasteiger partial charge in [0.15, 0.2) is 0 Å². The molecule has 1 amide bonds. The number of hydrogen-bond acceptors (Lipinski definition) is 3. The van der Waals surface area contributed by atoms with E-state index >= 15 is 0 Å². The number of benzene rings is 1. The van der Waals surface area contributed by atoms with Gasteiger partial charge < -0.3 is 5.32 Å². The molecule has 0 saturated carbocycles. The van der Waals surface area contributed by atoms with Crippen molar-refractivity contribution in [3.05, 3.63) is 58.1 Å². The highest BCUT2D eigenvalue weighted by Crippen LogP contribution is 2.19. The highest BCUT2D eigenvalue weighted by Gasteiger charge is 2.15. The third-order valence-corrected chi connectivity index (χ3v) is 3.53. The highest BCUT2D eigenvalue weighted by atomic mass is 79.9. The van der Waals surface area contributed by atoms with Gasteiger partial charge in [0.05, 0.1) is 17.9 Å². The Bertz CT molecular complexity index is 581. The van der Waals surface area contributed by atoms with Gasteiger partial charge in [0, 0.05) is 10.7 Å². The van der Waals surface area contributed by atoms with Crippen molar-refractivity contribution in [1.29, 1.82) is 0 Å². The molecule has 0 bridgehead atoms. The molecule has 5 heteroatoms. The molecule has 0 aliphatic rings. The predicted octanol–water partition coefficient (Wildman–Crippen LogP) is 3.43. The van der Waals surface area contributed by atoms with Crippen molar-refractivity contribution in [2.24, 2.45) is 0 Å². The molecule has 0 aliphatic heterocycles. The molecule has 4 nitrogen and oxygen atoms in total. The quantitative estimate of drug-likeness (QED) is 0.932. The zero-order valence-corrected chi connectivity index (χ0v) is 13.0. The lowest BCUT2D eigenvalue weighted by atomic mass is 10.0. The van der Waals surface area contributed by atoms with E-state index in [1.54, 1.807) is 6.20 Å². The summed E-state index contributed by atoms with van der Waals surface area (Å²) in [5.41, 5.74) is 2.21. The first-order valence-electron chi connectivity index (χ1n) is 6.45. The molecule has 0 unspecified atom stereocenters. The van der Waals surface area contributed by atoms with E-state index in [1.165, 1.54) is 6.20 Å². The van der Waals surface area contributed by atoms with Gasteiger partial charge >= 0.3 is 0 Å². The van der Waals surface area contributed by atoms with Crippen LogP contribution in [0.15, 0.2) is 41.1 Å². The topological polar surface area (TPSA) is 54.9 Å². The number of hydrogen-bond donors (Lipinski definition) is 1. The van der Waals surface area contributed by atoms with Crippen LogP contribution < -0.4 is 5.32 Å². The van der Waals surface area contributed by atoms with Gasteiger partial charge in [-0.15, -0.1) is 0 Å². The number of aryl methyl sites for hydroxylation is 1. The molecule has 2 rings (SSSR count). The normalized spacial score (nSPS) is 11.9. The van der Waals surface area contributed by atoms with Gasteiger partial charge in [-0.1, -0.05) is 35.0 Å². The van der Waals surface area contributed by atoms with Crippen molar-refractivity contribution in [2.45, 2.75) is 26.3 Å². The van der Waals surface area contributed by atoms with Crippen LogP contribution >= 0.6 is 15.9 Å². The van der Waals surface area contributed by atoms with Crippen molar-refractivity contribution in [3.8, 4) is 0 Å². The number of rotatable bonds is 4. The van der Waals surface area contributed by atoms with Gasteiger partial charge in [-0.25, -0.2) is 4.98 Å². The minimum absolute atomic E-state index is 0.0290. The third-order valence-electron chi connectivity index (χ3n) is 3.00. The van der Waals surface area contributed by atoms with Crippen LogP contribution in [-0.2, 0) is 0 Å². The van der Waals surface area contributed by atoms with Gasteiger partial charge in [0.2, 0.25) is 0 Å². The number of nitrogens with zero attached hydrogens (tertiary/aromatic N) is 2. The van der Waals surface area contributed by atoms with E-state index in [4.69, 9.17) is 0 Å². The fraction of sp³-hybridized carbons (Fsp3) is 0.267. The summed E-state index contributed by atoms with van der Waals surface area (Å²) in [5.74, 6) is -0.202. The molecule has 0 saturated heterocycles. The average Bonchev–Trinajstić information content (AvgIpc) is 2.46. The molecule has 1 aromatic heterocycles. The second kappa shape index (κ2) is 6.61. The minimum Gasteiger partial charge on any atom is -0.344 e. The lowest BCUT2D eigenvalue weighted by Crippen LogP contribution is -2.29. The monoisotopic (exact) mass is 333 g/mol. The third kappa shape index (κ3) is 3.63. The molecule has 0 aliphatic carbocycles. The van der Waals surface area contributed by atoms with Crippen LogP contribution in [0.5, 0.6) is 0 Å². The first-order chi connectivity index (χ1) is 9.60. The molecule has 0 radical (unpaired) electrons. The predicted molar refractivity (Wildman–Crippen MR) is 81.4 cm³/mol. The van der Waals surface area contributed by atoms with E-state index in [2.05, 4.69) is 31.2 Å². The number of carbonyl (C=O) groups excluding carboxylic acids is 1. The summed E-state index contributed by atoms with van der Waals surface area (Å²) in [6.07, 6.45) is 3.90. The van der Waals surface area contributed by atoms with E-state index < -0.39 is 0 Å². The second-order valence-corrected chi connectivity index (χ2v) is 5.44. The molecule has 1 atom stereocenters. The number of aromatic nitrogens is 2. The van der Waals surface area contributed by atoms with Crippen molar-refractivity contribution in [1.82, 2.24) is 15.3 Å². The zero-order valence-electron chi connectivity index (χ0n) is 11.4. The second-order valence-electron chi connectivity index (χ2n) is 4.53. The largest absolute Gasteiger partial charge is 0.344 e.